The molecule has 1 aliphatic rings. The number of halogens is 2. The zero-order valence-corrected chi connectivity index (χ0v) is 9.52. The molecule has 1 aliphatic carbocycles. The highest BCUT2D eigenvalue weighted by molar-refractivity contribution is 5.27. The largest absolute Gasteiger partial charge is 0.310 e. The highest BCUT2D eigenvalue weighted by atomic mass is 19.1. The van der Waals surface area contributed by atoms with Gasteiger partial charge in [-0.1, -0.05) is 25.3 Å². The quantitative estimate of drug-likeness (QED) is 0.814. The number of benzene rings is 1. The highest BCUT2D eigenvalue weighted by Gasteiger charge is 2.34. The minimum absolute atomic E-state index is 0.296. The Morgan fingerprint density at radius 1 is 1.12 bits per heavy atom. The Hall–Kier alpha value is -0.960. The van der Waals surface area contributed by atoms with Crippen LogP contribution in [0.25, 0.3) is 0 Å². The van der Waals surface area contributed by atoms with Gasteiger partial charge in [0.25, 0.3) is 0 Å². The lowest BCUT2D eigenvalue weighted by Gasteiger charge is -2.37. The first-order valence-electron chi connectivity index (χ1n) is 5.82. The number of hydrogen-bond acceptors (Lipinski definition) is 1. The molecule has 1 saturated carbocycles. The van der Waals surface area contributed by atoms with E-state index in [0.29, 0.717) is 5.56 Å². The SMILES string of the molecule is CNC1(c2ccc(F)cc2F)CCCCC1. The molecule has 0 saturated heterocycles. The second kappa shape index (κ2) is 4.50. The average Bonchev–Trinajstić information content (AvgIpc) is 2.30. The standard InChI is InChI=1S/C13H17F2N/c1-16-13(7-3-2-4-8-13)11-6-5-10(14)9-12(11)15/h5-6,9,16H,2-4,7-8H2,1H3. The molecular weight excluding hydrogens is 208 g/mol. The molecule has 0 unspecified atom stereocenters. The van der Waals surface area contributed by atoms with E-state index in [1.807, 2.05) is 7.05 Å². The van der Waals surface area contributed by atoms with Gasteiger partial charge in [0, 0.05) is 17.2 Å². The Morgan fingerprint density at radius 2 is 1.81 bits per heavy atom. The van der Waals surface area contributed by atoms with Crippen molar-refractivity contribution in [3.05, 3.63) is 35.4 Å². The molecule has 0 atom stereocenters. The van der Waals surface area contributed by atoms with Gasteiger partial charge in [0.05, 0.1) is 0 Å². The first-order valence-corrected chi connectivity index (χ1v) is 5.82. The van der Waals surface area contributed by atoms with E-state index in [9.17, 15) is 8.78 Å². The van der Waals surface area contributed by atoms with Crippen molar-refractivity contribution >= 4 is 0 Å². The topological polar surface area (TPSA) is 12.0 Å². The maximum atomic E-state index is 13.8. The summed E-state index contributed by atoms with van der Waals surface area (Å²) in [6, 6.07) is 3.89. The summed E-state index contributed by atoms with van der Waals surface area (Å²) in [6.07, 6.45) is 5.24. The molecule has 0 spiro atoms. The van der Waals surface area contributed by atoms with Crippen molar-refractivity contribution in [3.63, 3.8) is 0 Å². The van der Waals surface area contributed by atoms with Crippen LogP contribution >= 0.6 is 0 Å². The Kier molecular flexibility index (Phi) is 3.24. The molecule has 3 heteroatoms. The smallest absolute Gasteiger partial charge is 0.131 e. The zero-order valence-electron chi connectivity index (χ0n) is 9.52. The van der Waals surface area contributed by atoms with Gasteiger partial charge in [0.2, 0.25) is 0 Å². The number of hydrogen-bond donors (Lipinski definition) is 1. The normalized spacial score (nSPS) is 19.7. The van der Waals surface area contributed by atoms with E-state index in [1.165, 1.54) is 12.5 Å². The second-order valence-corrected chi connectivity index (χ2v) is 4.52. The van der Waals surface area contributed by atoms with E-state index in [1.54, 1.807) is 6.07 Å². The molecule has 0 aromatic heterocycles. The maximum Gasteiger partial charge on any atom is 0.131 e. The average molecular weight is 225 g/mol. The molecule has 0 bridgehead atoms. The molecule has 1 nitrogen and oxygen atoms in total. The van der Waals surface area contributed by atoms with Crippen LogP contribution in [0, 0.1) is 11.6 Å². The molecule has 1 aromatic carbocycles. The molecule has 0 heterocycles. The number of rotatable bonds is 2. The van der Waals surface area contributed by atoms with E-state index < -0.39 is 11.6 Å². The minimum Gasteiger partial charge on any atom is -0.310 e. The summed E-state index contributed by atoms with van der Waals surface area (Å²) < 4.78 is 26.7. The third-order valence-electron chi connectivity index (χ3n) is 3.63. The summed E-state index contributed by atoms with van der Waals surface area (Å²) in [6.45, 7) is 0. The van der Waals surface area contributed by atoms with Crippen LogP contribution in [0.15, 0.2) is 18.2 Å². The van der Waals surface area contributed by atoms with Crippen molar-refractivity contribution in [2.45, 2.75) is 37.6 Å². The summed E-state index contributed by atoms with van der Waals surface area (Å²) in [7, 11) is 1.86. The lowest BCUT2D eigenvalue weighted by molar-refractivity contribution is 0.242. The lowest BCUT2D eigenvalue weighted by Crippen LogP contribution is -2.42. The molecule has 0 radical (unpaired) electrons. The second-order valence-electron chi connectivity index (χ2n) is 4.52. The molecule has 1 N–H and O–H groups in total. The highest BCUT2D eigenvalue weighted by Crippen LogP contribution is 2.37. The first-order chi connectivity index (χ1) is 7.68. The third-order valence-corrected chi connectivity index (χ3v) is 3.63. The predicted octanol–water partition coefficient (Wildman–Crippen LogP) is 3.34. The summed E-state index contributed by atoms with van der Waals surface area (Å²) in [5.41, 5.74) is 0.312. The summed E-state index contributed by atoms with van der Waals surface area (Å²) in [5, 5.41) is 3.23. The van der Waals surface area contributed by atoms with Gasteiger partial charge in [-0.05, 0) is 26.0 Å². The van der Waals surface area contributed by atoms with Crippen LogP contribution in [-0.4, -0.2) is 7.05 Å². The molecule has 88 valence electrons. The van der Waals surface area contributed by atoms with Crippen LogP contribution in [0.3, 0.4) is 0 Å². The fraction of sp³-hybridized carbons (Fsp3) is 0.538. The van der Waals surface area contributed by atoms with E-state index in [2.05, 4.69) is 5.32 Å². The fourth-order valence-electron chi connectivity index (χ4n) is 2.69. The Labute approximate surface area is 94.9 Å². The maximum absolute atomic E-state index is 13.8. The van der Waals surface area contributed by atoms with Crippen LogP contribution in [0.2, 0.25) is 0 Å². The van der Waals surface area contributed by atoms with Crippen molar-refractivity contribution in [2.75, 3.05) is 7.05 Å². The van der Waals surface area contributed by atoms with Gasteiger partial charge in [0.15, 0.2) is 0 Å². The Morgan fingerprint density at radius 3 is 2.38 bits per heavy atom. The van der Waals surface area contributed by atoms with Crippen LogP contribution in [0.5, 0.6) is 0 Å². The van der Waals surface area contributed by atoms with Gasteiger partial charge < -0.3 is 5.32 Å². The Bertz CT molecular complexity index is 370. The van der Waals surface area contributed by atoms with Gasteiger partial charge in [-0.15, -0.1) is 0 Å². The molecule has 0 amide bonds. The molecular formula is C13H17F2N. The van der Waals surface area contributed by atoms with Crippen LogP contribution in [0.1, 0.15) is 37.7 Å². The summed E-state index contributed by atoms with van der Waals surface area (Å²) in [5.74, 6) is -0.945. The van der Waals surface area contributed by atoms with Gasteiger partial charge >= 0.3 is 0 Å². The van der Waals surface area contributed by atoms with Crippen molar-refractivity contribution in [3.8, 4) is 0 Å². The van der Waals surface area contributed by atoms with E-state index in [-0.39, 0.29) is 5.54 Å². The molecule has 0 aliphatic heterocycles. The van der Waals surface area contributed by atoms with Crippen LogP contribution < -0.4 is 5.32 Å². The molecule has 2 rings (SSSR count). The van der Waals surface area contributed by atoms with E-state index in [0.717, 1.165) is 31.7 Å². The fourth-order valence-corrected chi connectivity index (χ4v) is 2.69. The van der Waals surface area contributed by atoms with Crippen molar-refractivity contribution in [1.29, 1.82) is 0 Å². The van der Waals surface area contributed by atoms with Crippen molar-refractivity contribution in [1.82, 2.24) is 5.32 Å². The van der Waals surface area contributed by atoms with Crippen LogP contribution in [0.4, 0.5) is 8.78 Å². The van der Waals surface area contributed by atoms with Gasteiger partial charge in [-0.2, -0.15) is 0 Å². The minimum atomic E-state index is -0.511. The molecule has 1 aromatic rings. The number of nitrogens with one attached hydrogen (secondary N) is 1. The summed E-state index contributed by atoms with van der Waals surface area (Å²) >= 11 is 0. The third kappa shape index (κ3) is 1.96. The summed E-state index contributed by atoms with van der Waals surface area (Å²) in [4.78, 5) is 0. The van der Waals surface area contributed by atoms with E-state index in [4.69, 9.17) is 0 Å². The van der Waals surface area contributed by atoms with Crippen molar-refractivity contribution in [2.24, 2.45) is 0 Å². The zero-order chi connectivity index (χ0) is 11.6. The van der Waals surface area contributed by atoms with Crippen LogP contribution in [-0.2, 0) is 5.54 Å². The van der Waals surface area contributed by atoms with Gasteiger partial charge in [-0.25, -0.2) is 8.78 Å². The van der Waals surface area contributed by atoms with E-state index >= 15 is 0 Å². The monoisotopic (exact) mass is 225 g/mol. The van der Waals surface area contributed by atoms with Gasteiger partial charge in [0.1, 0.15) is 11.6 Å². The van der Waals surface area contributed by atoms with Gasteiger partial charge in [-0.3, -0.25) is 0 Å². The molecule has 16 heavy (non-hydrogen) atoms. The predicted molar refractivity (Wildman–Crippen MR) is 60.2 cm³/mol. The first kappa shape index (κ1) is 11.5. The Balaban J connectivity index is 2.39. The molecule has 1 fully saturated rings. The van der Waals surface area contributed by atoms with Crippen molar-refractivity contribution < 1.29 is 8.78 Å². The lowest BCUT2D eigenvalue weighted by atomic mass is 9.76.